The molecule has 2 aromatic heterocycles. The maximum Gasteiger partial charge on any atom is 0.309 e. The highest BCUT2D eigenvalue weighted by Crippen LogP contribution is 2.13. The molecule has 0 saturated heterocycles. The molecule has 2 rings (SSSR count). The van der Waals surface area contributed by atoms with E-state index in [1.807, 2.05) is 0 Å². The van der Waals surface area contributed by atoms with Crippen LogP contribution in [0.1, 0.15) is 13.8 Å². The summed E-state index contributed by atoms with van der Waals surface area (Å²) in [5.41, 5.74) is 0.759. The van der Waals surface area contributed by atoms with Crippen LogP contribution in [0.2, 0.25) is 0 Å². The number of hydrogen-bond acceptors (Lipinski definition) is 5. The van der Waals surface area contributed by atoms with E-state index in [4.69, 9.17) is 0 Å². The zero-order chi connectivity index (χ0) is 12.5. The average molecular weight is 255 g/mol. The van der Waals surface area contributed by atoms with Gasteiger partial charge in [-0.3, -0.25) is 0 Å². The molecule has 0 saturated carbocycles. The molecule has 7 nitrogen and oxygen atoms in total. The van der Waals surface area contributed by atoms with Crippen molar-refractivity contribution in [3.05, 3.63) is 18.9 Å². The zero-order valence-corrected chi connectivity index (χ0v) is 10.4. The molecule has 0 N–H and O–H groups in total. The molecule has 0 aliphatic heterocycles. The Morgan fingerprint density at radius 2 is 2.00 bits per heavy atom. The summed E-state index contributed by atoms with van der Waals surface area (Å²) in [4.78, 5) is 11.7. The van der Waals surface area contributed by atoms with E-state index in [1.165, 1.54) is 23.2 Å². The van der Waals surface area contributed by atoms with Crippen LogP contribution in [0.25, 0.3) is 11.2 Å². The fourth-order valence-corrected chi connectivity index (χ4v) is 3.04. The molecule has 2 heterocycles. The lowest BCUT2D eigenvalue weighted by Crippen LogP contribution is -2.34. The van der Waals surface area contributed by atoms with Crippen LogP contribution >= 0.6 is 0 Å². The molecular weight excluding hydrogens is 242 g/mol. The Morgan fingerprint density at radius 3 is 2.65 bits per heavy atom. The van der Waals surface area contributed by atoms with Gasteiger partial charge in [-0.15, -0.1) is 0 Å². The third-order valence-corrected chi connectivity index (χ3v) is 4.43. The summed E-state index contributed by atoms with van der Waals surface area (Å²) in [5, 5.41) is 0. The number of fused-ring (bicyclic) bond motifs is 1. The van der Waals surface area contributed by atoms with E-state index in [9.17, 15) is 8.42 Å². The molecule has 0 fully saturated rings. The second kappa shape index (κ2) is 4.38. The minimum atomic E-state index is -3.58. The molecule has 0 radical (unpaired) electrons. The lowest BCUT2D eigenvalue weighted by atomic mass is 10.6. The minimum absolute atomic E-state index is 0.371. The van der Waals surface area contributed by atoms with Crippen LogP contribution in [-0.2, 0) is 10.2 Å². The van der Waals surface area contributed by atoms with E-state index >= 15 is 0 Å². The van der Waals surface area contributed by atoms with Gasteiger partial charge in [-0.2, -0.15) is 12.7 Å². The Labute approximate surface area is 99.3 Å². The molecule has 0 amide bonds. The zero-order valence-electron chi connectivity index (χ0n) is 9.61. The molecule has 17 heavy (non-hydrogen) atoms. The average Bonchev–Trinajstić information content (AvgIpc) is 2.74. The van der Waals surface area contributed by atoms with Crippen LogP contribution in [0.4, 0.5) is 0 Å². The highest BCUT2D eigenvalue weighted by Gasteiger charge is 2.23. The first-order valence-corrected chi connectivity index (χ1v) is 6.64. The van der Waals surface area contributed by atoms with Crippen molar-refractivity contribution in [2.75, 3.05) is 13.1 Å². The van der Waals surface area contributed by atoms with Crippen LogP contribution in [-0.4, -0.2) is 44.7 Å². The number of hydrogen-bond donors (Lipinski definition) is 0. The van der Waals surface area contributed by atoms with E-state index < -0.39 is 10.2 Å². The quantitative estimate of drug-likeness (QED) is 0.782. The smallest absolute Gasteiger partial charge is 0.242 e. The van der Waals surface area contributed by atoms with Gasteiger partial charge < -0.3 is 0 Å². The molecule has 0 aliphatic rings. The van der Waals surface area contributed by atoms with Crippen LogP contribution in [0.5, 0.6) is 0 Å². The molecule has 0 unspecified atom stereocenters. The van der Waals surface area contributed by atoms with Gasteiger partial charge in [-0.05, 0) is 0 Å². The van der Waals surface area contributed by atoms with Crippen molar-refractivity contribution in [2.45, 2.75) is 13.8 Å². The molecule has 0 atom stereocenters. The van der Waals surface area contributed by atoms with Gasteiger partial charge in [-0.1, -0.05) is 13.8 Å². The Balaban J connectivity index is 2.60. The lowest BCUT2D eigenvalue weighted by molar-refractivity contribution is 0.439. The van der Waals surface area contributed by atoms with Gasteiger partial charge in [0.1, 0.15) is 18.2 Å². The summed E-state index contributed by atoms with van der Waals surface area (Å²) < 4.78 is 27.0. The molecule has 92 valence electrons. The van der Waals surface area contributed by atoms with Gasteiger partial charge in [0.15, 0.2) is 5.65 Å². The minimum Gasteiger partial charge on any atom is -0.242 e. The van der Waals surface area contributed by atoms with E-state index in [-0.39, 0.29) is 0 Å². The Kier molecular flexibility index (Phi) is 3.07. The van der Waals surface area contributed by atoms with Gasteiger partial charge in [0.25, 0.3) is 0 Å². The summed E-state index contributed by atoms with van der Waals surface area (Å²) in [5.74, 6) is 0. The number of rotatable bonds is 4. The fraction of sp³-hybridized carbons (Fsp3) is 0.444. The third kappa shape index (κ3) is 1.89. The number of nitrogens with zero attached hydrogens (tertiary/aromatic N) is 5. The number of aromatic nitrogens is 4. The van der Waals surface area contributed by atoms with E-state index in [1.54, 1.807) is 13.8 Å². The molecular formula is C9H13N5O2S. The SMILES string of the molecule is CCN(CC)S(=O)(=O)n1cnc2ncncc21. The summed E-state index contributed by atoms with van der Waals surface area (Å²) in [7, 11) is -3.58. The fourth-order valence-electron chi connectivity index (χ4n) is 1.60. The van der Waals surface area contributed by atoms with Crippen molar-refractivity contribution in [3.8, 4) is 0 Å². The summed E-state index contributed by atoms with van der Waals surface area (Å²) >= 11 is 0. The molecule has 0 spiro atoms. The van der Waals surface area contributed by atoms with Crippen molar-refractivity contribution in [1.82, 2.24) is 23.2 Å². The van der Waals surface area contributed by atoms with Gasteiger partial charge in [-0.25, -0.2) is 18.9 Å². The monoisotopic (exact) mass is 255 g/mol. The van der Waals surface area contributed by atoms with Crippen molar-refractivity contribution < 1.29 is 8.42 Å². The van der Waals surface area contributed by atoms with Gasteiger partial charge in [0.2, 0.25) is 0 Å². The summed E-state index contributed by atoms with van der Waals surface area (Å²) in [6.45, 7) is 4.39. The first-order chi connectivity index (χ1) is 8.11. The molecule has 0 bridgehead atoms. The van der Waals surface area contributed by atoms with Crippen LogP contribution in [0.3, 0.4) is 0 Å². The molecule has 8 heteroatoms. The van der Waals surface area contributed by atoms with E-state index in [0.29, 0.717) is 24.3 Å². The number of imidazole rings is 1. The van der Waals surface area contributed by atoms with Gasteiger partial charge in [0, 0.05) is 13.1 Å². The largest absolute Gasteiger partial charge is 0.309 e. The normalized spacial score (nSPS) is 12.4. The molecule has 0 aliphatic carbocycles. The predicted octanol–water partition coefficient (Wildman–Crippen LogP) is 0.261. The van der Waals surface area contributed by atoms with Crippen molar-refractivity contribution in [2.24, 2.45) is 0 Å². The first kappa shape index (κ1) is 11.9. The summed E-state index contributed by atoms with van der Waals surface area (Å²) in [6.07, 6.45) is 4.03. The maximum absolute atomic E-state index is 12.3. The predicted molar refractivity (Wildman–Crippen MR) is 62.6 cm³/mol. The topological polar surface area (TPSA) is 81.0 Å². The van der Waals surface area contributed by atoms with Crippen molar-refractivity contribution >= 4 is 21.4 Å². The lowest BCUT2D eigenvalue weighted by Gasteiger charge is -2.18. The highest BCUT2D eigenvalue weighted by molar-refractivity contribution is 7.87. The summed E-state index contributed by atoms with van der Waals surface area (Å²) in [6, 6.07) is 0. The van der Waals surface area contributed by atoms with Gasteiger partial charge >= 0.3 is 10.2 Å². The van der Waals surface area contributed by atoms with E-state index in [0.717, 1.165) is 3.97 Å². The standard InChI is InChI=1S/C9H13N5O2S/c1-3-13(4-2)17(15,16)14-7-12-9-8(14)5-10-6-11-9/h5-7H,3-4H2,1-2H3. The molecule has 2 aromatic rings. The van der Waals surface area contributed by atoms with Crippen molar-refractivity contribution in [1.29, 1.82) is 0 Å². The Morgan fingerprint density at radius 1 is 1.29 bits per heavy atom. The second-order valence-electron chi connectivity index (χ2n) is 3.36. The third-order valence-electron chi connectivity index (χ3n) is 2.48. The van der Waals surface area contributed by atoms with Crippen molar-refractivity contribution in [3.63, 3.8) is 0 Å². The van der Waals surface area contributed by atoms with Crippen LogP contribution in [0.15, 0.2) is 18.9 Å². The first-order valence-electron chi connectivity index (χ1n) is 5.25. The highest BCUT2D eigenvalue weighted by atomic mass is 32.2. The van der Waals surface area contributed by atoms with Crippen LogP contribution < -0.4 is 0 Å². The Hall–Kier alpha value is -1.54. The van der Waals surface area contributed by atoms with Gasteiger partial charge in [0.05, 0.1) is 6.20 Å². The molecule has 0 aromatic carbocycles. The van der Waals surface area contributed by atoms with E-state index in [2.05, 4.69) is 15.0 Å². The van der Waals surface area contributed by atoms with Crippen LogP contribution in [0, 0.1) is 0 Å². The second-order valence-corrected chi connectivity index (χ2v) is 5.17. The maximum atomic E-state index is 12.3. The Bertz CT molecular complexity index is 617.